The number of ether oxygens (including phenoxy) is 1. The highest BCUT2D eigenvalue weighted by molar-refractivity contribution is 6.07. The van der Waals surface area contributed by atoms with Crippen molar-refractivity contribution in [1.82, 2.24) is 4.90 Å². The SMILES string of the molecule is CCc1ccc(OCC2Cc3cc(F)ccc3CN2C(=O)c2cccc3ccccc23)cc1. The summed E-state index contributed by atoms with van der Waals surface area (Å²) in [4.78, 5) is 15.7. The summed E-state index contributed by atoms with van der Waals surface area (Å²) in [5, 5.41) is 1.97. The Morgan fingerprint density at radius 1 is 0.970 bits per heavy atom. The Morgan fingerprint density at radius 3 is 2.58 bits per heavy atom. The lowest BCUT2D eigenvalue weighted by molar-refractivity contribution is 0.0568. The molecule has 0 aromatic heterocycles. The Hall–Kier alpha value is -3.66. The van der Waals surface area contributed by atoms with Crippen LogP contribution >= 0.6 is 0 Å². The molecular weight excluding hydrogens is 413 g/mol. The van der Waals surface area contributed by atoms with Gasteiger partial charge in [-0.2, -0.15) is 0 Å². The molecule has 0 fully saturated rings. The number of hydrogen-bond donors (Lipinski definition) is 0. The van der Waals surface area contributed by atoms with E-state index in [0.717, 1.165) is 34.1 Å². The Labute approximate surface area is 193 Å². The number of hydrogen-bond acceptors (Lipinski definition) is 2. The molecule has 166 valence electrons. The summed E-state index contributed by atoms with van der Waals surface area (Å²) in [6, 6.07) is 26.4. The van der Waals surface area contributed by atoms with E-state index in [1.807, 2.05) is 59.5 Å². The molecule has 1 heterocycles. The summed E-state index contributed by atoms with van der Waals surface area (Å²) >= 11 is 0. The third kappa shape index (κ3) is 4.34. The number of fused-ring (bicyclic) bond motifs is 2. The molecule has 0 radical (unpaired) electrons. The molecule has 0 aliphatic carbocycles. The van der Waals surface area contributed by atoms with Crippen LogP contribution in [0.5, 0.6) is 5.75 Å². The molecule has 4 heteroatoms. The van der Waals surface area contributed by atoms with Crippen LogP contribution in [0.15, 0.2) is 84.9 Å². The number of nitrogens with zero attached hydrogens (tertiary/aromatic N) is 1. The fraction of sp³-hybridized carbons (Fsp3) is 0.207. The molecular formula is C29H26FNO2. The van der Waals surface area contributed by atoms with Crippen molar-refractivity contribution in [3.8, 4) is 5.75 Å². The maximum atomic E-state index is 13.9. The smallest absolute Gasteiger partial charge is 0.255 e. The first-order valence-corrected chi connectivity index (χ1v) is 11.4. The highest BCUT2D eigenvalue weighted by atomic mass is 19.1. The van der Waals surface area contributed by atoms with Crippen LogP contribution in [-0.4, -0.2) is 23.5 Å². The van der Waals surface area contributed by atoms with Crippen molar-refractivity contribution in [2.75, 3.05) is 6.61 Å². The summed E-state index contributed by atoms with van der Waals surface area (Å²) in [5.41, 5.74) is 3.84. The third-order valence-corrected chi connectivity index (χ3v) is 6.46. The minimum atomic E-state index is -0.252. The normalized spacial score (nSPS) is 15.3. The number of amides is 1. The predicted octanol–water partition coefficient (Wildman–Crippen LogP) is 6.19. The number of benzene rings is 4. The van der Waals surface area contributed by atoms with E-state index in [9.17, 15) is 9.18 Å². The Bertz CT molecular complexity index is 1290. The summed E-state index contributed by atoms with van der Waals surface area (Å²) in [6.45, 7) is 2.89. The van der Waals surface area contributed by atoms with Crippen molar-refractivity contribution in [1.29, 1.82) is 0 Å². The van der Waals surface area contributed by atoms with E-state index in [1.54, 1.807) is 12.1 Å². The standard InChI is InChI=1S/C29H26FNO2/c1-2-20-10-14-26(15-11-20)33-19-25-17-23-16-24(30)13-12-22(23)18-31(25)29(32)28-9-5-7-21-6-3-4-8-27(21)28/h3-16,25H,2,17-19H2,1H3. The van der Waals surface area contributed by atoms with Gasteiger partial charge in [0.2, 0.25) is 0 Å². The molecule has 0 bridgehead atoms. The molecule has 1 aliphatic rings. The van der Waals surface area contributed by atoms with Crippen LogP contribution in [0.1, 0.15) is 34.0 Å². The number of rotatable bonds is 5. The molecule has 1 aliphatic heterocycles. The predicted molar refractivity (Wildman–Crippen MR) is 129 cm³/mol. The van der Waals surface area contributed by atoms with E-state index >= 15 is 0 Å². The number of aryl methyl sites for hydroxylation is 1. The topological polar surface area (TPSA) is 29.5 Å². The third-order valence-electron chi connectivity index (χ3n) is 6.46. The molecule has 1 atom stereocenters. The molecule has 0 N–H and O–H groups in total. The lowest BCUT2D eigenvalue weighted by Gasteiger charge is -2.37. The fourth-order valence-corrected chi connectivity index (χ4v) is 4.58. The maximum Gasteiger partial charge on any atom is 0.255 e. The van der Waals surface area contributed by atoms with Gasteiger partial charge in [-0.3, -0.25) is 4.79 Å². The van der Waals surface area contributed by atoms with Crippen LogP contribution in [0.2, 0.25) is 0 Å². The van der Waals surface area contributed by atoms with Crippen LogP contribution in [0.4, 0.5) is 4.39 Å². The van der Waals surface area contributed by atoms with Crippen LogP contribution in [-0.2, 0) is 19.4 Å². The van der Waals surface area contributed by atoms with Crippen molar-refractivity contribution in [3.05, 3.63) is 113 Å². The molecule has 1 unspecified atom stereocenters. The van der Waals surface area contributed by atoms with Crippen molar-refractivity contribution >= 4 is 16.7 Å². The minimum Gasteiger partial charge on any atom is -0.491 e. The molecule has 3 nitrogen and oxygen atoms in total. The molecule has 33 heavy (non-hydrogen) atoms. The van der Waals surface area contributed by atoms with Crippen LogP contribution in [0.25, 0.3) is 10.8 Å². The average molecular weight is 440 g/mol. The molecule has 0 saturated heterocycles. The summed E-state index contributed by atoms with van der Waals surface area (Å²) < 4.78 is 20.0. The Kier molecular flexibility index (Phi) is 5.82. The maximum absolute atomic E-state index is 13.9. The lowest BCUT2D eigenvalue weighted by Crippen LogP contribution is -2.47. The van der Waals surface area contributed by atoms with Crippen LogP contribution < -0.4 is 4.74 Å². The van der Waals surface area contributed by atoms with E-state index in [0.29, 0.717) is 25.1 Å². The first-order chi connectivity index (χ1) is 16.1. The largest absolute Gasteiger partial charge is 0.491 e. The highest BCUT2D eigenvalue weighted by Crippen LogP contribution is 2.29. The van der Waals surface area contributed by atoms with Crippen LogP contribution in [0.3, 0.4) is 0 Å². The zero-order valence-electron chi connectivity index (χ0n) is 18.6. The van der Waals surface area contributed by atoms with Gasteiger partial charge in [0.15, 0.2) is 0 Å². The van der Waals surface area contributed by atoms with Gasteiger partial charge in [0, 0.05) is 12.1 Å². The Morgan fingerprint density at radius 2 is 1.76 bits per heavy atom. The second-order valence-electron chi connectivity index (χ2n) is 8.54. The van der Waals surface area contributed by atoms with Crippen molar-refractivity contribution < 1.29 is 13.9 Å². The zero-order chi connectivity index (χ0) is 22.8. The Balaban J connectivity index is 1.46. The van der Waals surface area contributed by atoms with E-state index in [2.05, 4.69) is 19.1 Å². The average Bonchev–Trinajstić information content (AvgIpc) is 2.86. The van der Waals surface area contributed by atoms with Gasteiger partial charge in [-0.1, -0.05) is 61.5 Å². The summed E-state index contributed by atoms with van der Waals surface area (Å²) in [5.74, 6) is 0.490. The molecule has 1 amide bonds. The van der Waals surface area contributed by atoms with Gasteiger partial charge in [-0.15, -0.1) is 0 Å². The molecule has 4 aromatic rings. The number of carbonyl (C=O) groups excluding carboxylic acids is 1. The molecule has 0 spiro atoms. The fourth-order valence-electron chi connectivity index (χ4n) is 4.58. The van der Waals surface area contributed by atoms with Gasteiger partial charge in [0.1, 0.15) is 18.2 Å². The van der Waals surface area contributed by atoms with Crippen LogP contribution in [0, 0.1) is 5.82 Å². The number of carbonyl (C=O) groups is 1. The van der Waals surface area contributed by atoms with Crippen molar-refractivity contribution in [3.63, 3.8) is 0 Å². The van der Waals surface area contributed by atoms with Crippen molar-refractivity contribution in [2.45, 2.75) is 32.4 Å². The van der Waals surface area contributed by atoms with Gasteiger partial charge < -0.3 is 9.64 Å². The van der Waals surface area contributed by atoms with Gasteiger partial charge >= 0.3 is 0 Å². The molecule has 5 rings (SSSR count). The van der Waals surface area contributed by atoms with E-state index in [1.165, 1.54) is 11.6 Å². The first kappa shape index (κ1) is 21.2. The zero-order valence-corrected chi connectivity index (χ0v) is 18.6. The first-order valence-electron chi connectivity index (χ1n) is 11.4. The monoisotopic (exact) mass is 439 g/mol. The van der Waals surface area contributed by atoms with E-state index in [4.69, 9.17) is 4.74 Å². The van der Waals surface area contributed by atoms with E-state index in [-0.39, 0.29) is 17.8 Å². The van der Waals surface area contributed by atoms with Gasteiger partial charge in [0.05, 0.1) is 6.04 Å². The highest BCUT2D eigenvalue weighted by Gasteiger charge is 2.32. The van der Waals surface area contributed by atoms with Crippen molar-refractivity contribution in [2.24, 2.45) is 0 Å². The minimum absolute atomic E-state index is 0.0308. The second kappa shape index (κ2) is 9.07. The lowest BCUT2D eigenvalue weighted by atomic mass is 9.93. The quantitative estimate of drug-likeness (QED) is 0.371. The second-order valence-corrected chi connectivity index (χ2v) is 8.54. The van der Waals surface area contributed by atoms with Gasteiger partial charge in [-0.05, 0) is 70.6 Å². The summed E-state index contributed by atoms with van der Waals surface area (Å²) in [6.07, 6.45) is 1.52. The summed E-state index contributed by atoms with van der Waals surface area (Å²) in [7, 11) is 0. The van der Waals surface area contributed by atoms with E-state index < -0.39 is 0 Å². The molecule has 0 saturated carbocycles. The van der Waals surface area contributed by atoms with Gasteiger partial charge in [0.25, 0.3) is 5.91 Å². The number of halogens is 1. The molecule has 4 aromatic carbocycles. The van der Waals surface area contributed by atoms with Gasteiger partial charge in [-0.25, -0.2) is 4.39 Å².